The van der Waals surface area contributed by atoms with Gasteiger partial charge in [-0.25, -0.2) is 9.00 Å². The molecular weight excluding hydrogens is 208 g/mol. The topological polar surface area (TPSA) is 74.3 Å². The third-order valence-corrected chi connectivity index (χ3v) is 2.44. The predicted octanol–water partition coefficient (Wildman–Crippen LogP) is 0.207. The Morgan fingerprint density at radius 2 is 2.07 bits per heavy atom. The van der Waals surface area contributed by atoms with Crippen molar-refractivity contribution in [3.05, 3.63) is 16.4 Å². The lowest BCUT2D eigenvalue weighted by molar-refractivity contribution is 0.368. The smallest absolute Gasteiger partial charge is 0.295 e. The van der Waals surface area contributed by atoms with Gasteiger partial charge in [0.2, 0.25) is 0 Å². The Hall–Kier alpha value is -0.950. The van der Waals surface area contributed by atoms with E-state index in [0.29, 0.717) is 5.82 Å². The lowest BCUT2D eigenvalue weighted by atomic mass is 9.96. The minimum absolute atomic E-state index is 0.294. The second-order valence-corrected chi connectivity index (χ2v) is 4.83. The molecule has 14 heavy (non-hydrogen) atoms. The zero-order valence-electron chi connectivity index (χ0n) is 8.44. The highest BCUT2D eigenvalue weighted by molar-refractivity contribution is 7.78. The number of hydrogen-bond acceptors (Lipinski definition) is 5. The normalized spacial score (nSPS) is 14.3. The molecule has 6 nitrogen and oxygen atoms in total. The van der Waals surface area contributed by atoms with Gasteiger partial charge >= 0.3 is 5.76 Å². The molecule has 0 saturated heterocycles. The molecule has 0 aliphatic carbocycles. The van der Waals surface area contributed by atoms with Crippen LogP contribution in [0.5, 0.6) is 0 Å². The standard InChI is InChI=1S/C7H12N2O4S/c1-7(2,3)5-8-13-6(10)9(5)14(11)12-4/h1-4H3. The minimum Gasteiger partial charge on any atom is -0.295 e. The highest BCUT2D eigenvalue weighted by atomic mass is 32.2. The maximum Gasteiger partial charge on any atom is 0.455 e. The van der Waals surface area contributed by atoms with Crippen LogP contribution in [-0.2, 0) is 20.9 Å². The largest absolute Gasteiger partial charge is 0.455 e. The first-order valence-electron chi connectivity index (χ1n) is 3.94. The first-order valence-corrected chi connectivity index (χ1v) is 4.97. The molecule has 1 unspecified atom stereocenters. The fourth-order valence-corrected chi connectivity index (χ4v) is 1.64. The van der Waals surface area contributed by atoms with E-state index in [1.807, 2.05) is 20.8 Å². The van der Waals surface area contributed by atoms with Crippen molar-refractivity contribution >= 4 is 11.3 Å². The maximum atomic E-state index is 11.3. The first-order chi connectivity index (χ1) is 6.38. The van der Waals surface area contributed by atoms with E-state index in [1.54, 1.807) is 0 Å². The molecule has 0 spiro atoms. The van der Waals surface area contributed by atoms with Crippen molar-refractivity contribution in [3.8, 4) is 0 Å². The summed E-state index contributed by atoms with van der Waals surface area (Å²) in [6.07, 6.45) is 0. The molecule has 1 aromatic heterocycles. The minimum atomic E-state index is -1.88. The fourth-order valence-electron chi connectivity index (χ4n) is 0.890. The van der Waals surface area contributed by atoms with Gasteiger partial charge in [-0.1, -0.05) is 25.9 Å². The van der Waals surface area contributed by atoms with Crippen LogP contribution in [-0.4, -0.2) is 20.4 Å². The summed E-state index contributed by atoms with van der Waals surface area (Å²) >= 11 is -1.88. The van der Waals surface area contributed by atoms with E-state index in [9.17, 15) is 9.00 Å². The summed E-state index contributed by atoms with van der Waals surface area (Å²) in [4.78, 5) is 11.1. The molecule has 0 N–H and O–H groups in total. The Kier molecular flexibility index (Phi) is 2.91. The predicted molar refractivity (Wildman–Crippen MR) is 50.0 cm³/mol. The molecule has 0 aliphatic rings. The Bertz CT molecular complexity index is 401. The van der Waals surface area contributed by atoms with E-state index in [0.717, 1.165) is 3.97 Å². The van der Waals surface area contributed by atoms with Gasteiger partial charge in [-0.05, 0) is 0 Å². The molecule has 1 rings (SSSR count). The van der Waals surface area contributed by atoms with E-state index in [4.69, 9.17) is 0 Å². The molecule has 1 atom stereocenters. The molecule has 0 bridgehead atoms. The summed E-state index contributed by atoms with van der Waals surface area (Å²) in [6.45, 7) is 5.48. The highest BCUT2D eigenvalue weighted by Gasteiger charge is 2.27. The average Bonchev–Trinajstić information content (AvgIpc) is 2.45. The Morgan fingerprint density at radius 3 is 2.50 bits per heavy atom. The van der Waals surface area contributed by atoms with Gasteiger partial charge in [0, 0.05) is 5.41 Å². The zero-order valence-corrected chi connectivity index (χ0v) is 9.25. The summed E-state index contributed by atoms with van der Waals surface area (Å²) in [5.74, 6) is -0.488. The van der Waals surface area contributed by atoms with Crippen molar-refractivity contribution in [2.75, 3.05) is 7.11 Å². The van der Waals surface area contributed by atoms with Crippen molar-refractivity contribution in [2.24, 2.45) is 0 Å². The number of aromatic nitrogens is 2. The molecule has 1 aromatic rings. The lowest BCUT2D eigenvalue weighted by Crippen LogP contribution is -2.27. The highest BCUT2D eigenvalue weighted by Crippen LogP contribution is 2.19. The van der Waals surface area contributed by atoms with Gasteiger partial charge in [-0.3, -0.25) is 8.71 Å². The number of nitrogens with zero attached hydrogens (tertiary/aromatic N) is 2. The SMILES string of the molecule is COS(=O)n1c(C(C)(C)C)noc1=O. The molecule has 80 valence electrons. The van der Waals surface area contributed by atoms with E-state index >= 15 is 0 Å². The van der Waals surface area contributed by atoms with Crippen molar-refractivity contribution in [3.63, 3.8) is 0 Å². The van der Waals surface area contributed by atoms with Crippen LogP contribution in [0.15, 0.2) is 9.32 Å². The zero-order chi connectivity index (χ0) is 10.9. The van der Waals surface area contributed by atoms with Gasteiger partial charge in [0.05, 0.1) is 7.11 Å². The van der Waals surface area contributed by atoms with Crippen LogP contribution in [0.1, 0.15) is 26.6 Å². The second kappa shape index (κ2) is 3.66. The van der Waals surface area contributed by atoms with E-state index < -0.39 is 22.4 Å². The number of hydrogen-bond donors (Lipinski definition) is 0. The van der Waals surface area contributed by atoms with Crippen LogP contribution in [0.4, 0.5) is 0 Å². The lowest BCUT2D eigenvalue weighted by Gasteiger charge is -2.15. The van der Waals surface area contributed by atoms with E-state index in [1.165, 1.54) is 7.11 Å². The van der Waals surface area contributed by atoms with Crippen LogP contribution < -0.4 is 5.76 Å². The summed E-state index contributed by atoms with van der Waals surface area (Å²) in [7, 11) is 1.24. The van der Waals surface area contributed by atoms with Crippen molar-refractivity contribution in [1.82, 2.24) is 9.13 Å². The van der Waals surface area contributed by atoms with E-state index in [-0.39, 0.29) is 0 Å². The van der Waals surface area contributed by atoms with Gasteiger partial charge in [0.15, 0.2) is 5.82 Å². The van der Waals surface area contributed by atoms with Gasteiger partial charge < -0.3 is 0 Å². The van der Waals surface area contributed by atoms with Gasteiger partial charge in [0.25, 0.3) is 11.3 Å². The average molecular weight is 220 g/mol. The van der Waals surface area contributed by atoms with Crippen LogP contribution in [0.25, 0.3) is 0 Å². The molecule has 0 fully saturated rings. The molecule has 7 heteroatoms. The maximum absolute atomic E-state index is 11.3. The summed E-state index contributed by atoms with van der Waals surface area (Å²) < 4.78 is 21.2. The molecule has 0 radical (unpaired) electrons. The van der Waals surface area contributed by atoms with E-state index in [2.05, 4.69) is 13.9 Å². The van der Waals surface area contributed by atoms with Gasteiger partial charge in [-0.2, -0.15) is 3.97 Å². The Balaban J connectivity index is 3.34. The molecule has 0 saturated carbocycles. The third-order valence-electron chi connectivity index (χ3n) is 1.53. The first kappa shape index (κ1) is 11.1. The molecular formula is C7H12N2O4S. The molecule has 0 amide bonds. The van der Waals surface area contributed by atoms with Crippen molar-refractivity contribution < 1.29 is 12.9 Å². The van der Waals surface area contributed by atoms with Crippen molar-refractivity contribution in [2.45, 2.75) is 26.2 Å². The quantitative estimate of drug-likeness (QED) is 0.712. The molecule has 0 aromatic carbocycles. The fraction of sp³-hybridized carbons (Fsp3) is 0.714. The summed E-state index contributed by atoms with van der Waals surface area (Å²) in [5, 5.41) is 3.56. The Labute approximate surface area is 83.6 Å². The summed E-state index contributed by atoms with van der Waals surface area (Å²) in [6, 6.07) is 0. The van der Waals surface area contributed by atoms with Crippen LogP contribution >= 0.6 is 0 Å². The number of rotatable bonds is 2. The monoisotopic (exact) mass is 220 g/mol. The van der Waals surface area contributed by atoms with Gasteiger partial charge in [0.1, 0.15) is 0 Å². The van der Waals surface area contributed by atoms with Crippen molar-refractivity contribution in [1.29, 1.82) is 0 Å². The molecule has 1 heterocycles. The van der Waals surface area contributed by atoms with Crippen LogP contribution in [0.3, 0.4) is 0 Å². The summed E-state index contributed by atoms with van der Waals surface area (Å²) in [5.41, 5.74) is -0.430. The molecule has 0 aliphatic heterocycles. The van der Waals surface area contributed by atoms with Crippen LogP contribution in [0.2, 0.25) is 0 Å². The third kappa shape index (κ3) is 1.93. The van der Waals surface area contributed by atoms with Gasteiger partial charge in [-0.15, -0.1) is 0 Å². The Morgan fingerprint density at radius 1 is 1.50 bits per heavy atom. The van der Waals surface area contributed by atoms with Crippen LogP contribution in [0, 0.1) is 0 Å². The second-order valence-electron chi connectivity index (χ2n) is 3.70.